The van der Waals surface area contributed by atoms with Crippen LogP contribution in [-0.2, 0) is 4.84 Å². The summed E-state index contributed by atoms with van der Waals surface area (Å²) in [4.78, 5) is 4.05. The maximum absolute atomic E-state index is 12.7. The van der Waals surface area contributed by atoms with Crippen LogP contribution in [0.25, 0.3) is 0 Å². The van der Waals surface area contributed by atoms with E-state index in [0.717, 1.165) is 0 Å². The van der Waals surface area contributed by atoms with Crippen molar-refractivity contribution in [3.63, 3.8) is 0 Å². The van der Waals surface area contributed by atoms with Crippen LogP contribution in [0.15, 0.2) is 0 Å². The lowest BCUT2D eigenvalue weighted by Crippen LogP contribution is -2.36. The predicted octanol–water partition coefficient (Wildman–Crippen LogP) is 1.56. The molecule has 72 valence electrons. The second-order valence-corrected chi connectivity index (χ2v) is 3.08. The van der Waals surface area contributed by atoms with Gasteiger partial charge in [-0.1, -0.05) is 0 Å². The quantitative estimate of drug-likeness (QED) is 0.537. The Labute approximate surface area is 66.6 Å². The summed E-state index contributed by atoms with van der Waals surface area (Å²) in [5, 5.41) is 0. The number of hydrogen-bond donors (Lipinski definition) is 1. The Hall–Kier alpha value is -0.360. The molecule has 0 aromatic rings. The number of rotatable bonds is 3. The van der Waals surface area contributed by atoms with Crippen molar-refractivity contribution in [2.45, 2.75) is 25.2 Å². The Kier molecular flexibility index (Phi) is 2.31. The van der Waals surface area contributed by atoms with Crippen molar-refractivity contribution in [2.24, 2.45) is 11.3 Å². The molecule has 1 aliphatic rings. The molecule has 2 N–H and O–H groups in total. The summed E-state index contributed by atoms with van der Waals surface area (Å²) in [6, 6.07) is 0. The van der Waals surface area contributed by atoms with Gasteiger partial charge in [0.15, 0.2) is 0 Å². The van der Waals surface area contributed by atoms with Crippen molar-refractivity contribution in [1.29, 1.82) is 0 Å². The van der Waals surface area contributed by atoms with Crippen LogP contribution in [-0.4, -0.2) is 19.0 Å². The average molecular weight is 187 g/mol. The van der Waals surface area contributed by atoms with E-state index in [-0.39, 0.29) is 19.4 Å². The lowest BCUT2D eigenvalue weighted by Gasteiger charge is -2.20. The van der Waals surface area contributed by atoms with Gasteiger partial charge in [-0.05, 0) is 12.8 Å². The summed E-state index contributed by atoms with van der Waals surface area (Å²) in [7, 11) is 0. The summed E-state index contributed by atoms with van der Waals surface area (Å²) in [6.45, 7) is -0.367. The van der Waals surface area contributed by atoms with Gasteiger partial charge in [-0.3, -0.25) is 0 Å². The minimum absolute atomic E-state index is 0.185. The molecule has 0 heterocycles. The molecule has 0 aromatic carbocycles. The molecule has 1 unspecified atom stereocenters. The van der Waals surface area contributed by atoms with Gasteiger partial charge in [0.05, 0.1) is 6.61 Å². The Balaban J connectivity index is 2.57. The summed E-state index contributed by atoms with van der Waals surface area (Å²) in [5.74, 6) is 4.60. The molecule has 1 aliphatic carbocycles. The van der Waals surface area contributed by atoms with Gasteiger partial charge in [0.2, 0.25) is 6.17 Å². The number of alkyl halides is 4. The Morgan fingerprint density at radius 1 is 1.42 bits per heavy atom. The Morgan fingerprint density at radius 2 is 1.92 bits per heavy atom. The average Bonchev–Trinajstić information content (AvgIpc) is 2.67. The van der Waals surface area contributed by atoms with E-state index in [1.807, 2.05) is 0 Å². The summed E-state index contributed by atoms with van der Waals surface area (Å²) in [6.07, 6.45) is -7.24. The number of halogens is 4. The normalized spacial score (nSPS) is 23.8. The van der Waals surface area contributed by atoms with Gasteiger partial charge >= 0.3 is 6.18 Å². The van der Waals surface area contributed by atoms with Crippen LogP contribution in [0.1, 0.15) is 12.8 Å². The molecule has 1 saturated carbocycles. The molecule has 1 fully saturated rings. The third-order valence-corrected chi connectivity index (χ3v) is 2.09. The highest BCUT2D eigenvalue weighted by atomic mass is 19.4. The topological polar surface area (TPSA) is 35.2 Å². The van der Waals surface area contributed by atoms with Gasteiger partial charge in [0.25, 0.3) is 0 Å². The van der Waals surface area contributed by atoms with Crippen molar-refractivity contribution in [1.82, 2.24) is 0 Å². The first-order chi connectivity index (χ1) is 5.42. The van der Waals surface area contributed by atoms with Crippen molar-refractivity contribution in [2.75, 3.05) is 6.61 Å². The highest BCUT2D eigenvalue weighted by Gasteiger charge is 2.61. The molecule has 0 saturated heterocycles. The van der Waals surface area contributed by atoms with E-state index >= 15 is 0 Å². The summed E-state index contributed by atoms with van der Waals surface area (Å²) in [5.41, 5.74) is -1.40. The minimum atomic E-state index is -4.80. The summed E-state index contributed by atoms with van der Waals surface area (Å²) >= 11 is 0. The van der Waals surface area contributed by atoms with Crippen LogP contribution in [0.4, 0.5) is 17.6 Å². The molecule has 0 amide bonds. The van der Waals surface area contributed by atoms with Gasteiger partial charge in [-0.15, -0.1) is 0 Å². The van der Waals surface area contributed by atoms with Crippen molar-refractivity contribution in [3.05, 3.63) is 0 Å². The molecule has 0 radical (unpaired) electrons. The number of hydrogen-bond acceptors (Lipinski definition) is 2. The molecular formula is C6H9F4NO. The van der Waals surface area contributed by atoms with Crippen LogP contribution in [0.5, 0.6) is 0 Å². The maximum Gasteiger partial charge on any atom is 0.420 e. The van der Waals surface area contributed by atoms with Crippen LogP contribution >= 0.6 is 0 Å². The zero-order valence-electron chi connectivity index (χ0n) is 6.20. The largest absolute Gasteiger partial charge is 0.420 e. The molecule has 0 bridgehead atoms. The second kappa shape index (κ2) is 2.85. The molecule has 0 aliphatic heterocycles. The van der Waals surface area contributed by atoms with E-state index in [9.17, 15) is 17.6 Å². The van der Waals surface area contributed by atoms with Crippen LogP contribution in [0.2, 0.25) is 0 Å². The van der Waals surface area contributed by atoms with E-state index in [0.29, 0.717) is 0 Å². The SMILES string of the molecule is NOCC1(C(F)C(F)(F)F)CC1. The lowest BCUT2D eigenvalue weighted by molar-refractivity contribution is -0.204. The third-order valence-electron chi connectivity index (χ3n) is 2.09. The van der Waals surface area contributed by atoms with Gasteiger partial charge in [0, 0.05) is 5.41 Å². The van der Waals surface area contributed by atoms with Gasteiger partial charge in [-0.2, -0.15) is 13.2 Å². The standard InChI is InChI=1S/C6H9F4NO/c7-4(6(8,9)10)5(1-2-5)3-12-11/h4H,1-3,11H2. The molecule has 0 aromatic heterocycles. The van der Waals surface area contributed by atoms with Crippen molar-refractivity contribution in [3.8, 4) is 0 Å². The molecule has 12 heavy (non-hydrogen) atoms. The first-order valence-corrected chi connectivity index (χ1v) is 3.45. The molecule has 0 spiro atoms. The van der Waals surface area contributed by atoms with Crippen molar-refractivity contribution < 1.29 is 22.4 Å². The molecule has 1 atom stereocenters. The molecule has 1 rings (SSSR count). The van der Waals surface area contributed by atoms with E-state index in [1.54, 1.807) is 0 Å². The van der Waals surface area contributed by atoms with Gasteiger partial charge < -0.3 is 4.84 Å². The van der Waals surface area contributed by atoms with Crippen LogP contribution in [0.3, 0.4) is 0 Å². The maximum atomic E-state index is 12.7. The van der Waals surface area contributed by atoms with Crippen LogP contribution < -0.4 is 5.90 Å². The Bertz CT molecular complexity index is 165. The van der Waals surface area contributed by atoms with Crippen LogP contribution in [0, 0.1) is 5.41 Å². The molecule has 2 nitrogen and oxygen atoms in total. The highest BCUT2D eigenvalue weighted by molar-refractivity contribution is 5.01. The smallest absolute Gasteiger partial charge is 0.304 e. The summed E-state index contributed by atoms with van der Waals surface area (Å²) < 4.78 is 48.2. The fourth-order valence-electron chi connectivity index (χ4n) is 1.14. The zero-order valence-corrected chi connectivity index (χ0v) is 6.20. The first kappa shape index (κ1) is 9.73. The van der Waals surface area contributed by atoms with E-state index in [1.165, 1.54) is 0 Å². The lowest BCUT2D eigenvalue weighted by atomic mass is 10.0. The van der Waals surface area contributed by atoms with Crippen molar-refractivity contribution >= 4 is 0 Å². The van der Waals surface area contributed by atoms with E-state index < -0.39 is 17.8 Å². The first-order valence-electron chi connectivity index (χ1n) is 3.45. The predicted molar refractivity (Wildman–Crippen MR) is 32.8 cm³/mol. The minimum Gasteiger partial charge on any atom is -0.304 e. The number of nitrogens with two attached hydrogens (primary N) is 1. The Morgan fingerprint density at radius 3 is 2.17 bits per heavy atom. The van der Waals surface area contributed by atoms with Gasteiger partial charge in [-0.25, -0.2) is 10.3 Å². The highest BCUT2D eigenvalue weighted by Crippen LogP contribution is 2.54. The molecular weight excluding hydrogens is 178 g/mol. The van der Waals surface area contributed by atoms with E-state index in [4.69, 9.17) is 0 Å². The van der Waals surface area contributed by atoms with E-state index in [2.05, 4.69) is 10.7 Å². The zero-order chi connectivity index (χ0) is 9.41. The van der Waals surface area contributed by atoms with Gasteiger partial charge in [0.1, 0.15) is 0 Å². The third kappa shape index (κ3) is 1.69. The second-order valence-electron chi connectivity index (χ2n) is 3.08. The fraction of sp³-hybridized carbons (Fsp3) is 1.00. The fourth-order valence-corrected chi connectivity index (χ4v) is 1.14. The monoisotopic (exact) mass is 187 g/mol. The molecule has 6 heteroatoms.